The van der Waals surface area contributed by atoms with E-state index in [0.29, 0.717) is 0 Å². The molecule has 0 heterocycles. The number of ether oxygens (including phenoxy) is 1. The van der Waals surface area contributed by atoms with Crippen LogP contribution in [0.2, 0.25) is 0 Å². The van der Waals surface area contributed by atoms with Gasteiger partial charge >= 0.3 is 5.97 Å². The fourth-order valence-corrected chi connectivity index (χ4v) is 7.59. The van der Waals surface area contributed by atoms with E-state index >= 15 is 8.78 Å². The Labute approximate surface area is 204 Å². The molecule has 0 spiro atoms. The highest BCUT2D eigenvalue weighted by Crippen LogP contribution is 2.70. The number of allylic oxidation sites excluding steroid dienone is 4. The number of aliphatic hydroxyl groups excluding tert-OH is 1. The second-order valence-electron chi connectivity index (χ2n) is 12.5. The Balaban J connectivity index is 1.72. The van der Waals surface area contributed by atoms with Crippen LogP contribution in [0.25, 0.3) is 0 Å². The lowest BCUT2D eigenvalue weighted by Gasteiger charge is -2.63. The number of carbonyl (C=O) groups excluding carboxylic acids is 3. The van der Waals surface area contributed by atoms with Gasteiger partial charge in [-0.15, -0.1) is 0 Å². The van der Waals surface area contributed by atoms with Crippen molar-refractivity contribution in [1.82, 2.24) is 0 Å². The van der Waals surface area contributed by atoms with Crippen molar-refractivity contribution in [2.75, 3.05) is 6.61 Å². The SMILES string of the molecule is C[C@@H]1C[C@@H]2[C@@H]3C[C@@H](F)C4=CC(=O)C=C[C@]4(C)[C@@]3(F)[C@H](O)C[C@@]2(C)[C@@]1(O)C(=O)COC(=O)C(C)(C)C. The zero-order valence-electron chi connectivity index (χ0n) is 21.2. The third-order valence-electron chi connectivity index (χ3n) is 9.58. The molecule has 35 heavy (non-hydrogen) atoms. The fraction of sp³-hybridized carbons (Fsp3) is 0.741. The highest BCUT2D eigenvalue weighted by atomic mass is 19.1. The van der Waals surface area contributed by atoms with Crippen molar-refractivity contribution in [3.8, 4) is 0 Å². The summed E-state index contributed by atoms with van der Waals surface area (Å²) >= 11 is 0. The number of hydrogen-bond acceptors (Lipinski definition) is 6. The van der Waals surface area contributed by atoms with Crippen molar-refractivity contribution in [1.29, 1.82) is 0 Å². The Kier molecular flexibility index (Phi) is 5.81. The molecule has 2 N–H and O–H groups in total. The molecule has 4 rings (SSSR count). The monoisotopic (exact) mass is 494 g/mol. The van der Waals surface area contributed by atoms with Crippen molar-refractivity contribution in [3.63, 3.8) is 0 Å². The highest BCUT2D eigenvalue weighted by Gasteiger charge is 2.76. The summed E-state index contributed by atoms with van der Waals surface area (Å²) in [5.74, 6) is -3.94. The molecule has 194 valence electrons. The van der Waals surface area contributed by atoms with E-state index in [1.54, 1.807) is 34.6 Å². The molecule has 0 saturated heterocycles. The third-order valence-corrected chi connectivity index (χ3v) is 9.58. The van der Waals surface area contributed by atoms with E-state index in [4.69, 9.17) is 4.74 Å². The van der Waals surface area contributed by atoms with Gasteiger partial charge in [-0.05, 0) is 76.5 Å². The third kappa shape index (κ3) is 3.28. The predicted molar refractivity (Wildman–Crippen MR) is 124 cm³/mol. The molecule has 0 radical (unpaired) electrons. The van der Waals surface area contributed by atoms with Crippen LogP contribution in [-0.4, -0.2) is 57.9 Å². The Bertz CT molecular complexity index is 1030. The molecule has 4 aliphatic carbocycles. The largest absolute Gasteiger partial charge is 0.457 e. The van der Waals surface area contributed by atoms with Gasteiger partial charge in [0.25, 0.3) is 0 Å². The number of alkyl halides is 2. The molecule has 0 aromatic rings. The number of fused-ring (bicyclic) bond motifs is 5. The molecule has 6 nitrogen and oxygen atoms in total. The molecule has 3 saturated carbocycles. The summed E-state index contributed by atoms with van der Waals surface area (Å²) < 4.78 is 37.8. The van der Waals surface area contributed by atoms with Crippen molar-refractivity contribution in [3.05, 3.63) is 23.8 Å². The van der Waals surface area contributed by atoms with Gasteiger partial charge in [-0.25, -0.2) is 8.78 Å². The zero-order chi connectivity index (χ0) is 26.4. The quantitative estimate of drug-likeness (QED) is 0.583. The normalized spacial score (nSPS) is 46.9. The summed E-state index contributed by atoms with van der Waals surface area (Å²) in [6.45, 7) is 9.15. The van der Waals surface area contributed by atoms with Crippen molar-refractivity contribution >= 4 is 17.5 Å². The van der Waals surface area contributed by atoms with Crippen LogP contribution >= 0.6 is 0 Å². The highest BCUT2D eigenvalue weighted by molar-refractivity contribution is 6.01. The molecule has 0 aromatic carbocycles. The average molecular weight is 495 g/mol. The van der Waals surface area contributed by atoms with E-state index in [2.05, 4.69) is 0 Å². The first-order valence-corrected chi connectivity index (χ1v) is 12.3. The minimum atomic E-state index is -2.28. The van der Waals surface area contributed by atoms with Crippen LogP contribution in [-0.2, 0) is 19.1 Å². The van der Waals surface area contributed by atoms with Gasteiger partial charge in [0.05, 0.1) is 11.5 Å². The van der Waals surface area contributed by atoms with E-state index in [1.807, 2.05) is 0 Å². The molecule has 8 heteroatoms. The number of halogens is 2. The molecule has 9 atom stereocenters. The summed E-state index contributed by atoms with van der Waals surface area (Å²) in [5.41, 5.74) is -7.87. The molecule has 4 aliphatic rings. The second kappa shape index (κ2) is 7.78. The van der Waals surface area contributed by atoms with E-state index in [-0.39, 0.29) is 24.8 Å². The van der Waals surface area contributed by atoms with Crippen LogP contribution in [0.1, 0.15) is 60.8 Å². The van der Waals surface area contributed by atoms with Gasteiger partial charge in [-0.2, -0.15) is 0 Å². The van der Waals surface area contributed by atoms with Crippen LogP contribution in [0.4, 0.5) is 8.78 Å². The Hall–Kier alpha value is -1.93. The van der Waals surface area contributed by atoms with Crippen molar-refractivity contribution in [2.24, 2.45) is 34.0 Å². The van der Waals surface area contributed by atoms with E-state index < -0.39 is 81.7 Å². The maximum absolute atomic E-state index is 17.1. The van der Waals surface area contributed by atoms with Crippen molar-refractivity contribution in [2.45, 2.75) is 84.4 Å². The molecular weight excluding hydrogens is 458 g/mol. The Morgan fingerprint density at radius 3 is 2.43 bits per heavy atom. The van der Waals surface area contributed by atoms with Gasteiger partial charge in [-0.3, -0.25) is 14.4 Å². The lowest BCUT2D eigenvalue weighted by molar-refractivity contribution is -0.224. The minimum absolute atomic E-state index is 0.0258. The lowest BCUT2D eigenvalue weighted by Crippen LogP contribution is -2.70. The van der Waals surface area contributed by atoms with Crippen LogP contribution in [0.15, 0.2) is 23.8 Å². The zero-order valence-corrected chi connectivity index (χ0v) is 21.2. The number of aliphatic hydroxyl groups is 2. The number of hydrogen-bond donors (Lipinski definition) is 2. The topological polar surface area (TPSA) is 101 Å². The summed E-state index contributed by atoms with van der Waals surface area (Å²) in [5, 5.41) is 23.2. The standard InChI is InChI=1S/C27H36F2O6/c1-14-9-16-17-11-19(28)18-10-15(30)7-8-24(18,5)26(17,29)20(31)12-25(16,6)27(14,34)21(32)13-35-22(33)23(2,3)4/h7-8,10,14,16-17,19-20,31,34H,9,11-13H2,1-6H3/t14-,16-,17+,19-,20-,24+,25-,26+,27+/m1/s1. The van der Waals surface area contributed by atoms with Crippen LogP contribution < -0.4 is 0 Å². The van der Waals surface area contributed by atoms with E-state index in [9.17, 15) is 24.6 Å². The fourth-order valence-electron chi connectivity index (χ4n) is 7.59. The van der Waals surface area contributed by atoms with Gasteiger partial charge in [0, 0.05) is 16.7 Å². The average Bonchev–Trinajstić information content (AvgIpc) is 2.96. The molecule has 3 fully saturated rings. The number of esters is 1. The summed E-state index contributed by atoms with van der Waals surface area (Å²) in [6, 6.07) is 0. The van der Waals surface area contributed by atoms with Crippen LogP contribution in [0, 0.1) is 34.0 Å². The Morgan fingerprint density at radius 2 is 1.83 bits per heavy atom. The summed E-state index contributed by atoms with van der Waals surface area (Å²) in [4.78, 5) is 37.5. The molecule has 0 bridgehead atoms. The number of ketones is 2. The van der Waals surface area contributed by atoms with Crippen LogP contribution in [0.5, 0.6) is 0 Å². The van der Waals surface area contributed by atoms with Gasteiger partial charge < -0.3 is 14.9 Å². The smallest absolute Gasteiger partial charge is 0.311 e. The van der Waals surface area contributed by atoms with Crippen molar-refractivity contribution < 1.29 is 38.1 Å². The Morgan fingerprint density at radius 1 is 1.20 bits per heavy atom. The molecule has 0 aromatic heterocycles. The minimum Gasteiger partial charge on any atom is -0.457 e. The van der Waals surface area contributed by atoms with Gasteiger partial charge in [0.1, 0.15) is 11.8 Å². The first-order valence-electron chi connectivity index (χ1n) is 12.3. The van der Waals surface area contributed by atoms with E-state index in [0.717, 1.165) is 6.08 Å². The number of carbonyl (C=O) groups is 3. The molecular formula is C27H36F2O6. The first kappa shape index (κ1) is 26.1. The maximum atomic E-state index is 17.1. The van der Waals surface area contributed by atoms with Crippen LogP contribution in [0.3, 0.4) is 0 Å². The molecule has 0 amide bonds. The van der Waals surface area contributed by atoms with Gasteiger partial charge in [0.2, 0.25) is 5.78 Å². The molecule has 0 unspecified atom stereocenters. The van der Waals surface area contributed by atoms with Gasteiger partial charge in [-0.1, -0.05) is 19.9 Å². The lowest BCUT2D eigenvalue weighted by atomic mass is 9.44. The predicted octanol–water partition coefficient (Wildman–Crippen LogP) is 3.44. The van der Waals surface area contributed by atoms with E-state index in [1.165, 1.54) is 19.1 Å². The van der Waals surface area contributed by atoms with Gasteiger partial charge in [0.15, 0.2) is 18.1 Å². The maximum Gasteiger partial charge on any atom is 0.311 e. The second-order valence-corrected chi connectivity index (χ2v) is 12.5. The first-order chi connectivity index (χ1) is 15.9. The number of rotatable bonds is 3. The summed E-state index contributed by atoms with van der Waals surface area (Å²) in [6.07, 6.45) is 0.249. The number of Topliss-reactive ketones (excluding diaryl/α,β-unsaturated/α-hetero) is 1. The summed E-state index contributed by atoms with van der Waals surface area (Å²) in [7, 11) is 0. The molecule has 0 aliphatic heterocycles.